The maximum Gasteiger partial charge on any atom is 0.0791 e. The van der Waals surface area contributed by atoms with Crippen molar-refractivity contribution in [3.05, 3.63) is 35.9 Å². The van der Waals surface area contributed by atoms with E-state index in [1.165, 1.54) is 0 Å². The van der Waals surface area contributed by atoms with Gasteiger partial charge in [-0.25, -0.2) is 0 Å². The molecule has 1 aromatic rings. The van der Waals surface area contributed by atoms with Crippen LogP contribution in [0.15, 0.2) is 30.3 Å². The molecule has 2 atom stereocenters. The van der Waals surface area contributed by atoms with Gasteiger partial charge in [0, 0.05) is 6.61 Å². The number of benzene rings is 1. The van der Waals surface area contributed by atoms with Crippen molar-refractivity contribution in [2.24, 2.45) is 0 Å². The molecule has 3 nitrogen and oxygen atoms in total. The van der Waals surface area contributed by atoms with E-state index >= 15 is 0 Å². The summed E-state index contributed by atoms with van der Waals surface area (Å²) >= 11 is 0. The summed E-state index contributed by atoms with van der Waals surface area (Å²) in [6, 6.07) is 9.49. The molecule has 0 amide bonds. The molecule has 1 aromatic carbocycles. The van der Waals surface area contributed by atoms with Crippen molar-refractivity contribution in [1.29, 1.82) is 0 Å². The Morgan fingerprint density at radius 2 is 1.81 bits per heavy atom. The summed E-state index contributed by atoms with van der Waals surface area (Å²) in [6.45, 7) is 2.85. The minimum atomic E-state index is -0.502. The molecule has 16 heavy (non-hydrogen) atoms. The second kappa shape index (κ2) is 7.39. The maximum atomic E-state index is 9.84. The second-order valence-corrected chi connectivity index (χ2v) is 3.82. The Morgan fingerprint density at radius 1 is 1.12 bits per heavy atom. The minimum Gasteiger partial charge on any atom is -0.391 e. The smallest absolute Gasteiger partial charge is 0.0791 e. The van der Waals surface area contributed by atoms with E-state index in [0.717, 1.165) is 5.56 Å². The monoisotopic (exact) mass is 224 g/mol. The van der Waals surface area contributed by atoms with Crippen LogP contribution in [0.1, 0.15) is 31.4 Å². The number of hydrogen-bond acceptors (Lipinski definition) is 3. The van der Waals surface area contributed by atoms with E-state index < -0.39 is 12.2 Å². The lowest BCUT2D eigenvalue weighted by Gasteiger charge is -2.14. The fraction of sp³-hybridized carbons (Fsp3) is 0.538. The molecule has 0 radical (unpaired) electrons. The van der Waals surface area contributed by atoms with Crippen LogP contribution in [0, 0.1) is 0 Å². The van der Waals surface area contributed by atoms with Crippen LogP contribution in [-0.4, -0.2) is 29.5 Å². The first kappa shape index (κ1) is 13.2. The molecule has 0 heterocycles. The summed E-state index contributed by atoms with van der Waals surface area (Å²) in [7, 11) is 0. The number of aliphatic hydroxyl groups excluding tert-OH is 2. The highest BCUT2D eigenvalue weighted by Gasteiger charge is 2.10. The summed E-state index contributed by atoms with van der Waals surface area (Å²) < 4.78 is 5.10. The third-order valence-electron chi connectivity index (χ3n) is 2.47. The van der Waals surface area contributed by atoms with Gasteiger partial charge in [-0.3, -0.25) is 0 Å². The lowest BCUT2D eigenvalue weighted by molar-refractivity contribution is 0.0285. The minimum absolute atomic E-state index is 0.345. The van der Waals surface area contributed by atoms with Crippen molar-refractivity contribution in [2.45, 2.75) is 32.0 Å². The highest BCUT2D eigenvalue weighted by atomic mass is 16.5. The second-order valence-electron chi connectivity index (χ2n) is 3.82. The van der Waals surface area contributed by atoms with Crippen molar-refractivity contribution < 1.29 is 14.9 Å². The Bertz CT molecular complexity index is 274. The highest BCUT2D eigenvalue weighted by Crippen LogP contribution is 2.18. The molecular weight excluding hydrogens is 204 g/mol. The van der Waals surface area contributed by atoms with Crippen LogP contribution in [0.2, 0.25) is 0 Å². The normalized spacial score (nSPS) is 14.7. The van der Waals surface area contributed by atoms with Crippen molar-refractivity contribution in [3.63, 3.8) is 0 Å². The van der Waals surface area contributed by atoms with Crippen LogP contribution in [0.5, 0.6) is 0 Å². The molecule has 2 unspecified atom stereocenters. The van der Waals surface area contributed by atoms with Gasteiger partial charge in [-0.05, 0) is 25.3 Å². The van der Waals surface area contributed by atoms with Crippen molar-refractivity contribution in [3.8, 4) is 0 Å². The zero-order valence-corrected chi connectivity index (χ0v) is 9.67. The van der Waals surface area contributed by atoms with Gasteiger partial charge in [-0.15, -0.1) is 0 Å². The quantitative estimate of drug-likeness (QED) is 0.743. The Hall–Kier alpha value is -0.900. The average molecular weight is 224 g/mol. The third kappa shape index (κ3) is 4.75. The van der Waals surface area contributed by atoms with Crippen LogP contribution >= 0.6 is 0 Å². The topological polar surface area (TPSA) is 49.7 Å². The Morgan fingerprint density at radius 3 is 2.44 bits per heavy atom. The first-order valence-electron chi connectivity index (χ1n) is 5.72. The zero-order chi connectivity index (χ0) is 11.8. The molecule has 1 rings (SSSR count). The van der Waals surface area contributed by atoms with E-state index in [2.05, 4.69) is 0 Å². The lowest BCUT2D eigenvalue weighted by atomic mass is 10.0. The van der Waals surface area contributed by atoms with Crippen molar-refractivity contribution >= 4 is 0 Å². The molecule has 0 saturated heterocycles. The molecule has 0 saturated carbocycles. The molecule has 0 spiro atoms. The highest BCUT2D eigenvalue weighted by molar-refractivity contribution is 5.17. The van der Waals surface area contributed by atoms with E-state index in [4.69, 9.17) is 4.74 Å². The molecule has 0 fully saturated rings. The van der Waals surface area contributed by atoms with E-state index in [-0.39, 0.29) is 0 Å². The Kier molecular flexibility index (Phi) is 6.08. The van der Waals surface area contributed by atoms with E-state index in [1.807, 2.05) is 37.3 Å². The number of rotatable bonds is 7. The predicted octanol–water partition coefficient (Wildman–Crippen LogP) is 1.90. The predicted molar refractivity (Wildman–Crippen MR) is 63.1 cm³/mol. The SMILES string of the molecule is CCOCC(O)CCC(O)c1ccccc1. The number of hydrogen-bond donors (Lipinski definition) is 2. The van der Waals surface area contributed by atoms with Gasteiger partial charge in [-0.2, -0.15) is 0 Å². The molecule has 0 bridgehead atoms. The number of ether oxygens (including phenoxy) is 1. The molecule has 3 heteroatoms. The molecule has 0 aliphatic rings. The first-order valence-corrected chi connectivity index (χ1v) is 5.72. The summed E-state index contributed by atoms with van der Waals surface area (Å²) in [4.78, 5) is 0. The van der Waals surface area contributed by atoms with Crippen molar-refractivity contribution in [1.82, 2.24) is 0 Å². The summed E-state index contributed by atoms with van der Waals surface area (Å²) in [6.07, 6.45) is 0.115. The van der Waals surface area contributed by atoms with Crippen LogP contribution in [0.4, 0.5) is 0 Å². The van der Waals surface area contributed by atoms with Gasteiger partial charge in [0.1, 0.15) is 0 Å². The number of aliphatic hydroxyl groups is 2. The van der Waals surface area contributed by atoms with Gasteiger partial charge in [0.2, 0.25) is 0 Å². The first-order chi connectivity index (χ1) is 7.74. The molecule has 0 aliphatic heterocycles. The molecule has 0 aromatic heterocycles. The van der Waals surface area contributed by atoms with Crippen LogP contribution in [0.25, 0.3) is 0 Å². The van der Waals surface area contributed by atoms with Crippen molar-refractivity contribution in [2.75, 3.05) is 13.2 Å². The van der Waals surface area contributed by atoms with Gasteiger partial charge in [0.05, 0.1) is 18.8 Å². The van der Waals surface area contributed by atoms with Gasteiger partial charge >= 0.3 is 0 Å². The van der Waals surface area contributed by atoms with E-state index in [1.54, 1.807) is 0 Å². The lowest BCUT2D eigenvalue weighted by Crippen LogP contribution is -2.16. The summed E-state index contributed by atoms with van der Waals surface area (Å²) in [5, 5.41) is 19.4. The van der Waals surface area contributed by atoms with E-state index in [0.29, 0.717) is 26.1 Å². The molecule has 2 N–H and O–H groups in total. The van der Waals surface area contributed by atoms with Gasteiger partial charge < -0.3 is 14.9 Å². The largest absolute Gasteiger partial charge is 0.391 e. The summed E-state index contributed by atoms with van der Waals surface area (Å²) in [5.41, 5.74) is 0.895. The van der Waals surface area contributed by atoms with Crippen LogP contribution < -0.4 is 0 Å². The summed E-state index contributed by atoms with van der Waals surface area (Å²) in [5.74, 6) is 0. The third-order valence-corrected chi connectivity index (χ3v) is 2.47. The van der Waals surface area contributed by atoms with E-state index in [9.17, 15) is 10.2 Å². The zero-order valence-electron chi connectivity index (χ0n) is 9.67. The Balaban J connectivity index is 2.27. The molecule has 90 valence electrons. The average Bonchev–Trinajstić information content (AvgIpc) is 2.34. The fourth-order valence-corrected chi connectivity index (χ4v) is 1.53. The molecular formula is C13H20O3. The Labute approximate surface area is 96.7 Å². The van der Waals surface area contributed by atoms with Crippen LogP contribution in [-0.2, 0) is 4.74 Å². The van der Waals surface area contributed by atoms with Gasteiger partial charge in [0.15, 0.2) is 0 Å². The fourth-order valence-electron chi connectivity index (χ4n) is 1.53. The molecule has 0 aliphatic carbocycles. The van der Waals surface area contributed by atoms with Gasteiger partial charge in [0.25, 0.3) is 0 Å². The van der Waals surface area contributed by atoms with Gasteiger partial charge in [-0.1, -0.05) is 30.3 Å². The standard InChI is InChI=1S/C13H20O3/c1-2-16-10-12(14)8-9-13(15)11-6-4-3-5-7-11/h3-7,12-15H,2,8-10H2,1H3. The maximum absolute atomic E-state index is 9.84. The van der Waals surface area contributed by atoms with Crippen LogP contribution in [0.3, 0.4) is 0 Å².